The maximum Gasteiger partial charge on any atom is 0.0385 e. The molecule has 0 amide bonds. The number of halogens is 4. The van der Waals surface area contributed by atoms with Gasteiger partial charge < -0.3 is 20.9 Å². The van der Waals surface area contributed by atoms with Gasteiger partial charge in [0.15, 0.2) is 0 Å². The van der Waals surface area contributed by atoms with E-state index in [-0.39, 0.29) is 49.6 Å². The predicted octanol–water partition coefficient (Wildman–Crippen LogP) is 1.07. The van der Waals surface area contributed by atoms with E-state index in [0.717, 1.165) is 58.9 Å². The number of hydrogen-bond acceptors (Lipinski definition) is 5. The highest BCUT2D eigenvalue weighted by atomic mass is 35.5. The fourth-order valence-corrected chi connectivity index (χ4v) is 1.77. The average Bonchev–Trinajstić information content (AvgIpc) is 2.32. The Labute approximate surface area is 151 Å². The fourth-order valence-electron chi connectivity index (χ4n) is 1.77. The van der Waals surface area contributed by atoms with Crippen LogP contribution in [-0.4, -0.2) is 70.3 Å². The first-order valence-corrected chi connectivity index (χ1v) is 6.29. The third-order valence-corrected chi connectivity index (χ3v) is 2.75. The number of nitrogens with zero attached hydrogens (tertiary/aromatic N) is 4. The summed E-state index contributed by atoms with van der Waals surface area (Å²) in [7, 11) is 0. The summed E-state index contributed by atoms with van der Waals surface area (Å²) in [6.45, 7) is 9.40. The second-order valence-corrected chi connectivity index (χ2v) is 4.05. The molecule has 0 aromatic rings. The van der Waals surface area contributed by atoms with Gasteiger partial charge in [0.1, 0.15) is 0 Å². The van der Waals surface area contributed by atoms with E-state index in [4.69, 9.17) is 5.53 Å². The van der Waals surface area contributed by atoms with Gasteiger partial charge in [-0.2, -0.15) is 0 Å². The van der Waals surface area contributed by atoms with Crippen LogP contribution in [0, 0.1) is 0 Å². The van der Waals surface area contributed by atoms with E-state index in [9.17, 15) is 0 Å². The normalized spacial score (nSPS) is 17.0. The van der Waals surface area contributed by atoms with Crippen molar-refractivity contribution in [1.82, 2.24) is 20.9 Å². The maximum absolute atomic E-state index is 8.26. The second kappa shape index (κ2) is 22.6. The summed E-state index contributed by atoms with van der Waals surface area (Å²) in [5, 5.41) is 13.7. The quantitative estimate of drug-likeness (QED) is 0.384. The monoisotopic (exact) mass is 385 g/mol. The molecule has 0 aromatic carbocycles. The van der Waals surface area contributed by atoms with Crippen molar-refractivity contribution in [3.05, 3.63) is 10.4 Å². The minimum Gasteiger partial charge on any atom is -0.314 e. The van der Waals surface area contributed by atoms with Crippen LogP contribution >= 0.6 is 49.6 Å². The summed E-state index contributed by atoms with van der Waals surface area (Å²) < 4.78 is 0. The van der Waals surface area contributed by atoms with Crippen LogP contribution in [0.15, 0.2) is 5.11 Å². The summed E-state index contributed by atoms with van der Waals surface area (Å²) in [6.07, 6.45) is 0. The van der Waals surface area contributed by atoms with Crippen LogP contribution in [0.25, 0.3) is 10.4 Å². The number of nitrogens with one attached hydrogen (secondary N) is 3. The van der Waals surface area contributed by atoms with Gasteiger partial charge in [-0.05, 0) is 5.53 Å². The number of azide groups is 1. The van der Waals surface area contributed by atoms with Gasteiger partial charge in [-0.3, -0.25) is 0 Å². The van der Waals surface area contributed by atoms with Crippen LogP contribution in [0.5, 0.6) is 0 Å². The molecule has 7 nitrogen and oxygen atoms in total. The van der Waals surface area contributed by atoms with Crippen molar-refractivity contribution in [2.24, 2.45) is 5.11 Å². The van der Waals surface area contributed by atoms with Gasteiger partial charge in [0, 0.05) is 70.4 Å². The molecule has 3 N–H and O–H groups in total. The van der Waals surface area contributed by atoms with E-state index in [0.29, 0.717) is 6.54 Å². The number of hydrogen-bond donors (Lipinski definition) is 3. The van der Waals surface area contributed by atoms with Gasteiger partial charge in [-0.1, -0.05) is 5.11 Å². The SMILES string of the molecule is Cl.Cl.Cl.Cl.[N-]=[N+]=NCCN1CCNCCNCCNCC1. The van der Waals surface area contributed by atoms with E-state index in [1.54, 1.807) is 0 Å². The largest absolute Gasteiger partial charge is 0.314 e. The predicted molar refractivity (Wildman–Crippen MR) is 98.1 cm³/mol. The van der Waals surface area contributed by atoms with Crippen LogP contribution in [0.3, 0.4) is 0 Å². The van der Waals surface area contributed by atoms with Crippen LogP contribution in [0.4, 0.5) is 0 Å². The smallest absolute Gasteiger partial charge is 0.0385 e. The maximum atomic E-state index is 8.26. The Bertz CT molecular complexity index is 229. The highest BCUT2D eigenvalue weighted by molar-refractivity contribution is 5.86. The Morgan fingerprint density at radius 1 is 0.810 bits per heavy atom. The van der Waals surface area contributed by atoms with Crippen LogP contribution in [-0.2, 0) is 0 Å². The van der Waals surface area contributed by atoms with Crippen molar-refractivity contribution in [2.75, 3.05) is 65.4 Å². The van der Waals surface area contributed by atoms with Gasteiger partial charge in [0.25, 0.3) is 0 Å². The molecule has 1 heterocycles. The minimum atomic E-state index is 0. The van der Waals surface area contributed by atoms with E-state index in [1.807, 2.05) is 0 Å². The van der Waals surface area contributed by atoms with Crippen molar-refractivity contribution in [3.63, 3.8) is 0 Å². The molecule has 0 saturated carbocycles. The molecule has 1 saturated heterocycles. The van der Waals surface area contributed by atoms with Gasteiger partial charge in [-0.25, -0.2) is 0 Å². The summed E-state index contributed by atoms with van der Waals surface area (Å²) in [5.74, 6) is 0. The third kappa shape index (κ3) is 18.3. The van der Waals surface area contributed by atoms with Crippen molar-refractivity contribution < 1.29 is 0 Å². The Kier molecular flexibility index (Phi) is 31.6. The lowest BCUT2D eigenvalue weighted by Gasteiger charge is -2.22. The van der Waals surface area contributed by atoms with E-state index >= 15 is 0 Å². The summed E-state index contributed by atoms with van der Waals surface area (Å²) in [4.78, 5) is 5.10. The zero-order valence-corrected chi connectivity index (χ0v) is 15.3. The lowest BCUT2D eigenvalue weighted by molar-refractivity contribution is 0.278. The lowest BCUT2D eigenvalue weighted by Crippen LogP contribution is -2.42. The molecule has 0 aliphatic carbocycles. The summed E-state index contributed by atoms with van der Waals surface area (Å²) in [5.41, 5.74) is 8.26. The molecule has 1 aliphatic rings. The van der Waals surface area contributed by atoms with E-state index in [1.165, 1.54) is 0 Å². The molecule has 0 aromatic heterocycles. The van der Waals surface area contributed by atoms with Gasteiger partial charge >= 0.3 is 0 Å². The Balaban J connectivity index is -0.000000361. The van der Waals surface area contributed by atoms with Crippen molar-refractivity contribution in [2.45, 2.75) is 0 Å². The fraction of sp³-hybridized carbons (Fsp3) is 1.00. The Hall–Kier alpha value is 0.310. The van der Waals surface area contributed by atoms with E-state index < -0.39 is 0 Å². The molecule has 1 fully saturated rings. The average molecular weight is 387 g/mol. The highest BCUT2D eigenvalue weighted by Crippen LogP contribution is 1.88. The first-order chi connectivity index (χ1) is 8.43. The first kappa shape index (κ1) is 29.3. The molecule has 21 heavy (non-hydrogen) atoms. The molecule has 1 rings (SSSR count). The Morgan fingerprint density at radius 3 is 1.67 bits per heavy atom. The molecular formula is C10H27Cl4N7. The zero-order chi connectivity index (χ0) is 12.2. The van der Waals surface area contributed by atoms with Crippen molar-refractivity contribution >= 4 is 49.6 Å². The van der Waals surface area contributed by atoms with Gasteiger partial charge in [0.2, 0.25) is 0 Å². The Morgan fingerprint density at radius 2 is 1.24 bits per heavy atom. The molecule has 0 atom stereocenters. The molecule has 0 unspecified atom stereocenters. The zero-order valence-electron chi connectivity index (χ0n) is 12.0. The second-order valence-electron chi connectivity index (χ2n) is 4.05. The lowest BCUT2D eigenvalue weighted by atomic mass is 10.4. The van der Waals surface area contributed by atoms with E-state index in [2.05, 4.69) is 30.9 Å². The van der Waals surface area contributed by atoms with Crippen LogP contribution in [0.2, 0.25) is 0 Å². The first-order valence-electron chi connectivity index (χ1n) is 6.29. The molecular weight excluding hydrogens is 360 g/mol. The molecule has 0 spiro atoms. The van der Waals surface area contributed by atoms with Crippen LogP contribution < -0.4 is 16.0 Å². The molecule has 0 bridgehead atoms. The highest BCUT2D eigenvalue weighted by Gasteiger charge is 2.04. The standard InChI is InChI=1S/C10H23N7.4ClH/c11-16-15-7-10-17-8-5-13-3-1-12-2-4-14-6-9-17;;;;/h12-14H,1-10H2;4*1H. The van der Waals surface area contributed by atoms with Crippen LogP contribution in [0.1, 0.15) is 0 Å². The molecule has 1 aliphatic heterocycles. The van der Waals surface area contributed by atoms with Gasteiger partial charge in [0.05, 0.1) is 0 Å². The minimum absolute atomic E-state index is 0. The topological polar surface area (TPSA) is 88.1 Å². The third-order valence-electron chi connectivity index (χ3n) is 2.75. The molecule has 0 radical (unpaired) electrons. The molecule has 130 valence electrons. The van der Waals surface area contributed by atoms with Crippen molar-refractivity contribution in [3.8, 4) is 0 Å². The summed E-state index contributed by atoms with van der Waals surface area (Å²) in [6, 6.07) is 0. The van der Waals surface area contributed by atoms with Crippen molar-refractivity contribution in [1.29, 1.82) is 0 Å². The van der Waals surface area contributed by atoms with Gasteiger partial charge in [-0.15, -0.1) is 49.6 Å². The number of rotatable bonds is 3. The summed E-state index contributed by atoms with van der Waals surface area (Å²) >= 11 is 0. The molecule has 11 heteroatoms.